The maximum Gasteiger partial charge on any atom is 0.0443 e. The average Bonchev–Trinajstić information content (AvgIpc) is 2.18. The molecule has 1 aromatic rings. The predicted octanol–water partition coefficient (Wildman–Crippen LogP) is 2.03. The summed E-state index contributed by atoms with van der Waals surface area (Å²) in [4.78, 5) is 0. The van der Waals surface area contributed by atoms with Crippen molar-refractivity contribution in [2.75, 3.05) is 13.2 Å². The molecule has 0 aliphatic carbocycles. The van der Waals surface area contributed by atoms with Gasteiger partial charge in [-0.2, -0.15) is 0 Å². The van der Waals surface area contributed by atoms with Crippen molar-refractivity contribution >= 4 is 0 Å². The molecule has 1 atom stereocenters. The molecule has 0 saturated heterocycles. The minimum Gasteiger partial charge on any atom is -0.396 e. The number of aliphatic hydroxyl groups is 1. The summed E-state index contributed by atoms with van der Waals surface area (Å²) in [6, 6.07) is 8.86. The molecule has 0 heterocycles. The van der Waals surface area contributed by atoms with E-state index in [1.54, 1.807) is 0 Å². The van der Waals surface area contributed by atoms with Crippen LogP contribution in [0.3, 0.4) is 0 Å². The van der Waals surface area contributed by atoms with Gasteiger partial charge in [-0.05, 0) is 32.4 Å². The van der Waals surface area contributed by atoms with Crippen LogP contribution < -0.4 is 5.32 Å². The molecule has 0 fully saturated rings. The predicted molar refractivity (Wildman–Crippen MR) is 59.3 cm³/mol. The Kier molecular flexibility index (Phi) is 4.63. The van der Waals surface area contributed by atoms with Gasteiger partial charge in [-0.25, -0.2) is 0 Å². The first-order valence-corrected chi connectivity index (χ1v) is 5.15. The molecule has 78 valence electrons. The molecule has 1 aromatic carbocycles. The Balaban J connectivity index is 2.47. The van der Waals surface area contributed by atoms with Gasteiger partial charge in [0.1, 0.15) is 0 Å². The highest BCUT2D eigenvalue weighted by molar-refractivity contribution is 5.24. The Hall–Kier alpha value is -0.860. The molecule has 0 bridgehead atoms. The third-order valence-electron chi connectivity index (χ3n) is 2.33. The van der Waals surface area contributed by atoms with Crippen molar-refractivity contribution in [2.24, 2.45) is 0 Å². The first-order valence-electron chi connectivity index (χ1n) is 5.15. The van der Waals surface area contributed by atoms with Gasteiger partial charge in [-0.1, -0.05) is 29.8 Å². The van der Waals surface area contributed by atoms with E-state index >= 15 is 0 Å². The van der Waals surface area contributed by atoms with Crippen LogP contribution in [0.5, 0.6) is 0 Å². The number of rotatable bonds is 5. The summed E-state index contributed by atoms with van der Waals surface area (Å²) >= 11 is 0. The topological polar surface area (TPSA) is 32.3 Å². The van der Waals surface area contributed by atoms with E-state index in [0.717, 1.165) is 13.0 Å². The Morgan fingerprint density at radius 3 is 2.86 bits per heavy atom. The highest BCUT2D eigenvalue weighted by Crippen LogP contribution is 2.13. The second kappa shape index (κ2) is 5.78. The lowest BCUT2D eigenvalue weighted by atomic mass is 10.1. The largest absolute Gasteiger partial charge is 0.396 e. The molecular formula is C12H19NO. The summed E-state index contributed by atoms with van der Waals surface area (Å²) < 4.78 is 0. The maximum atomic E-state index is 8.65. The van der Waals surface area contributed by atoms with Gasteiger partial charge in [-0.3, -0.25) is 0 Å². The minimum absolute atomic E-state index is 0.257. The van der Waals surface area contributed by atoms with E-state index in [-0.39, 0.29) is 6.61 Å². The van der Waals surface area contributed by atoms with Crippen LogP contribution >= 0.6 is 0 Å². The SMILES string of the molecule is Cc1cccc([C@@H](C)NCCCO)c1. The lowest BCUT2D eigenvalue weighted by Gasteiger charge is -2.14. The first-order chi connectivity index (χ1) is 6.74. The fourth-order valence-electron chi connectivity index (χ4n) is 1.45. The van der Waals surface area contributed by atoms with E-state index in [0.29, 0.717) is 6.04 Å². The van der Waals surface area contributed by atoms with Crippen molar-refractivity contribution in [1.29, 1.82) is 0 Å². The third-order valence-corrected chi connectivity index (χ3v) is 2.33. The maximum absolute atomic E-state index is 8.65. The van der Waals surface area contributed by atoms with E-state index in [1.165, 1.54) is 11.1 Å². The lowest BCUT2D eigenvalue weighted by Crippen LogP contribution is -2.20. The molecule has 0 unspecified atom stereocenters. The zero-order valence-electron chi connectivity index (χ0n) is 8.96. The van der Waals surface area contributed by atoms with E-state index in [4.69, 9.17) is 5.11 Å². The molecular weight excluding hydrogens is 174 g/mol. The van der Waals surface area contributed by atoms with E-state index in [9.17, 15) is 0 Å². The van der Waals surface area contributed by atoms with Crippen LogP contribution in [-0.2, 0) is 0 Å². The smallest absolute Gasteiger partial charge is 0.0443 e. The zero-order chi connectivity index (χ0) is 10.4. The summed E-state index contributed by atoms with van der Waals surface area (Å²) in [7, 11) is 0. The van der Waals surface area contributed by atoms with Gasteiger partial charge in [0.05, 0.1) is 0 Å². The molecule has 14 heavy (non-hydrogen) atoms. The van der Waals surface area contributed by atoms with Crippen molar-refractivity contribution in [3.8, 4) is 0 Å². The van der Waals surface area contributed by atoms with Gasteiger partial charge in [0, 0.05) is 12.6 Å². The van der Waals surface area contributed by atoms with E-state index < -0.39 is 0 Å². The normalized spacial score (nSPS) is 12.8. The Bertz CT molecular complexity index is 273. The van der Waals surface area contributed by atoms with Gasteiger partial charge in [0.2, 0.25) is 0 Å². The van der Waals surface area contributed by atoms with Crippen molar-refractivity contribution in [3.05, 3.63) is 35.4 Å². The molecule has 0 radical (unpaired) electrons. The lowest BCUT2D eigenvalue weighted by molar-refractivity contribution is 0.284. The fourth-order valence-corrected chi connectivity index (χ4v) is 1.45. The summed E-state index contributed by atoms with van der Waals surface area (Å²) in [6.07, 6.45) is 0.816. The van der Waals surface area contributed by atoms with Crippen LogP contribution in [0.2, 0.25) is 0 Å². The Morgan fingerprint density at radius 1 is 1.43 bits per heavy atom. The molecule has 0 aliphatic rings. The standard InChI is InChI=1S/C12H19NO/c1-10-5-3-6-12(9-10)11(2)13-7-4-8-14/h3,5-6,9,11,13-14H,4,7-8H2,1-2H3/t11-/m1/s1. The van der Waals surface area contributed by atoms with Crippen LogP contribution in [0.1, 0.15) is 30.5 Å². The van der Waals surface area contributed by atoms with Crippen LogP contribution in [0.25, 0.3) is 0 Å². The quantitative estimate of drug-likeness (QED) is 0.701. The van der Waals surface area contributed by atoms with Crippen LogP contribution in [0.4, 0.5) is 0 Å². The number of benzene rings is 1. The molecule has 0 saturated carbocycles. The summed E-state index contributed by atoms with van der Waals surface area (Å²) in [5, 5.41) is 12.0. The van der Waals surface area contributed by atoms with Gasteiger partial charge < -0.3 is 10.4 Å². The van der Waals surface area contributed by atoms with Crippen molar-refractivity contribution < 1.29 is 5.11 Å². The molecule has 2 N–H and O–H groups in total. The highest BCUT2D eigenvalue weighted by Gasteiger charge is 2.03. The third kappa shape index (κ3) is 3.48. The molecule has 1 rings (SSSR count). The summed E-state index contributed by atoms with van der Waals surface area (Å²) in [5.74, 6) is 0. The molecule has 0 spiro atoms. The van der Waals surface area contributed by atoms with Crippen LogP contribution in [0, 0.1) is 6.92 Å². The number of aryl methyl sites for hydroxylation is 1. The highest BCUT2D eigenvalue weighted by atomic mass is 16.3. The molecule has 2 nitrogen and oxygen atoms in total. The molecule has 0 aromatic heterocycles. The summed E-state index contributed by atoms with van der Waals surface area (Å²) in [6.45, 7) is 5.37. The Morgan fingerprint density at radius 2 is 2.21 bits per heavy atom. The minimum atomic E-state index is 0.257. The van der Waals surface area contributed by atoms with Gasteiger partial charge in [-0.15, -0.1) is 0 Å². The second-order valence-corrected chi connectivity index (χ2v) is 3.67. The molecule has 0 aliphatic heterocycles. The molecule has 2 heteroatoms. The number of hydrogen-bond acceptors (Lipinski definition) is 2. The average molecular weight is 193 g/mol. The first kappa shape index (κ1) is 11.2. The number of aliphatic hydroxyl groups excluding tert-OH is 1. The van der Waals surface area contributed by atoms with Crippen molar-refractivity contribution in [3.63, 3.8) is 0 Å². The van der Waals surface area contributed by atoms with Crippen LogP contribution in [0.15, 0.2) is 24.3 Å². The fraction of sp³-hybridized carbons (Fsp3) is 0.500. The molecule has 0 amide bonds. The monoisotopic (exact) mass is 193 g/mol. The van der Waals surface area contributed by atoms with E-state index in [2.05, 4.69) is 43.4 Å². The van der Waals surface area contributed by atoms with Crippen LogP contribution in [-0.4, -0.2) is 18.3 Å². The van der Waals surface area contributed by atoms with Crippen molar-refractivity contribution in [1.82, 2.24) is 5.32 Å². The second-order valence-electron chi connectivity index (χ2n) is 3.67. The number of nitrogens with one attached hydrogen (secondary N) is 1. The van der Waals surface area contributed by atoms with Crippen molar-refractivity contribution in [2.45, 2.75) is 26.3 Å². The zero-order valence-corrected chi connectivity index (χ0v) is 8.96. The van der Waals surface area contributed by atoms with Gasteiger partial charge in [0.15, 0.2) is 0 Å². The Labute approximate surface area is 86.0 Å². The van der Waals surface area contributed by atoms with E-state index in [1.807, 2.05) is 0 Å². The van der Waals surface area contributed by atoms with Gasteiger partial charge in [0.25, 0.3) is 0 Å². The summed E-state index contributed by atoms with van der Waals surface area (Å²) in [5.41, 5.74) is 2.60. The van der Waals surface area contributed by atoms with Gasteiger partial charge >= 0.3 is 0 Å². The number of hydrogen-bond donors (Lipinski definition) is 2.